The molecule has 18 heavy (non-hydrogen) atoms. The molecule has 0 saturated carbocycles. The summed E-state index contributed by atoms with van der Waals surface area (Å²) in [6, 6.07) is 0. The molecular formula is C14H27N3S. The first-order chi connectivity index (χ1) is 8.71. The molecule has 3 nitrogen and oxygen atoms in total. The van der Waals surface area contributed by atoms with E-state index in [-0.39, 0.29) is 0 Å². The number of thiazole rings is 1. The van der Waals surface area contributed by atoms with Gasteiger partial charge in [-0.15, -0.1) is 11.3 Å². The van der Waals surface area contributed by atoms with E-state index in [0.717, 1.165) is 39.1 Å². The predicted octanol–water partition coefficient (Wildman–Crippen LogP) is 2.84. The molecule has 0 saturated heterocycles. The highest BCUT2D eigenvalue weighted by molar-refractivity contribution is 7.11. The standard InChI is InChI=1S/C14H27N3S/c1-5-9-15-11-13-12(4)16-14(18-13)8-10-17(6-2)7-3/h15H,5-11H2,1-4H3. The van der Waals surface area contributed by atoms with E-state index in [0.29, 0.717) is 0 Å². The van der Waals surface area contributed by atoms with Gasteiger partial charge in [0.05, 0.1) is 10.7 Å². The number of hydrogen-bond donors (Lipinski definition) is 1. The largest absolute Gasteiger partial charge is 0.312 e. The lowest BCUT2D eigenvalue weighted by Crippen LogP contribution is -2.25. The van der Waals surface area contributed by atoms with Crippen molar-refractivity contribution < 1.29 is 0 Å². The van der Waals surface area contributed by atoms with E-state index >= 15 is 0 Å². The molecule has 1 heterocycles. The fourth-order valence-corrected chi connectivity index (χ4v) is 2.96. The van der Waals surface area contributed by atoms with Crippen LogP contribution in [0.3, 0.4) is 0 Å². The molecule has 1 aromatic heterocycles. The second kappa shape index (κ2) is 8.62. The van der Waals surface area contributed by atoms with Gasteiger partial charge in [0.25, 0.3) is 0 Å². The zero-order valence-corrected chi connectivity index (χ0v) is 13.1. The Hall–Kier alpha value is -0.450. The van der Waals surface area contributed by atoms with E-state index in [1.807, 2.05) is 11.3 Å². The zero-order chi connectivity index (χ0) is 13.4. The summed E-state index contributed by atoms with van der Waals surface area (Å²) in [6.45, 7) is 14.2. The maximum absolute atomic E-state index is 4.68. The normalized spacial score (nSPS) is 11.4. The molecule has 0 bridgehead atoms. The summed E-state index contributed by atoms with van der Waals surface area (Å²) in [4.78, 5) is 8.53. The van der Waals surface area contributed by atoms with E-state index in [2.05, 4.69) is 42.9 Å². The molecular weight excluding hydrogens is 242 g/mol. The fourth-order valence-electron chi connectivity index (χ4n) is 1.93. The first kappa shape index (κ1) is 15.6. The molecule has 0 aliphatic carbocycles. The zero-order valence-electron chi connectivity index (χ0n) is 12.3. The van der Waals surface area contributed by atoms with Crippen molar-refractivity contribution in [1.29, 1.82) is 0 Å². The smallest absolute Gasteiger partial charge is 0.0944 e. The molecule has 104 valence electrons. The minimum atomic E-state index is 0.975. The van der Waals surface area contributed by atoms with Crippen LogP contribution in [0.2, 0.25) is 0 Å². The number of hydrogen-bond acceptors (Lipinski definition) is 4. The van der Waals surface area contributed by atoms with Crippen molar-refractivity contribution in [2.45, 2.75) is 47.1 Å². The number of aromatic nitrogens is 1. The third-order valence-corrected chi connectivity index (χ3v) is 4.40. The summed E-state index contributed by atoms with van der Waals surface area (Å²) in [7, 11) is 0. The van der Waals surface area contributed by atoms with Crippen molar-refractivity contribution in [2.24, 2.45) is 0 Å². The van der Waals surface area contributed by atoms with Crippen LogP contribution in [0.25, 0.3) is 0 Å². The molecule has 0 radical (unpaired) electrons. The van der Waals surface area contributed by atoms with Crippen LogP contribution in [-0.2, 0) is 13.0 Å². The lowest BCUT2D eigenvalue weighted by molar-refractivity contribution is 0.308. The summed E-state index contributed by atoms with van der Waals surface area (Å²) in [5.74, 6) is 0. The molecule has 1 aromatic rings. The first-order valence-corrected chi connectivity index (χ1v) is 7.91. The van der Waals surface area contributed by atoms with Crippen LogP contribution in [0.1, 0.15) is 42.8 Å². The third-order valence-electron chi connectivity index (χ3n) is 3.19. The van der Waals surface area contributed by atoms with Gasteiger partial charge in [0, 0.05) is 24.4 Å². The van der Waals surface area contributed by atoms with E-state index in [4.69, 9.17) is 0 Å². The molecule has 4 heteroatoms. The number of nitrogens with one attached hydrogen (secondary N) is 1. The van der Waals surface area contributed by atoms with Crippen LogP contribution in [0.4, 0.5) is 0 Å². The lowest BCUT2D eigenvalue weighted by Gasteiger charge is -2.16. The highest BCUT2D eigenvalue weighted by atomic mass is 32.1. The number of rotatable bonds is 9. The van der Waals surface area contributed by atoms with E-state index in [9.17, 15) is 0 Å². The van der Waals surface area contributed by atoms with Gasteiger partial charge in [-0.1, -0.05) is 20.8 Å². The van der Waals surface area contributed by atoms with Gasteiger partial charge in [0.15, 0.2) is 0 Å². The quantitative estimate of drug-likeness (QED) is 0.699. The van der Waals surface area contributed by atoms with Gasteiger partial charge in [0.2, 0.25) is 0 Å². The number of likely N-dealkylation sites (N-methyl/N-ethyl adjacent to an activating group) is 1. The van der Waals surface area contributed by atoms with Gasteiger partial charge in [-0.2, -0.15) is 0 Å². The van der Waals surface area contributed by atoms with Crippen molar-refractivity contribution in [3.05, 3.63) is 15.6 Å². The molecule has 1 N–H and O–H groups in total. The summed E-state index contributed by atoms with van der Waals surface area (Å²) in [5.41, 5.74) is 1.21. The topological polar surface area (TPSA) is 28.2 Å². The second-order valence-electron chi connectivity index (χ2n) is 4.57. The molecule has 0 spiro atoms. The van der Waals surface area contributed by atoms with Gasteiger partial charge in [-0.3, -0.25) is 0 Å². The lowest BCUT2D eigenvalue weighted by atomic mass is 10.3. The molecule has 1 rings (SSSR count). The number of nitrogens with zero attached hydrogens (tertiary/aromatic N) is 2. The maximum atomic E-state index is 4.68. The van der Waals surface area contributed by atoms with Crippen molar-refractivity contribution >= 4 is 11.3 Å². The van der Waals surface area contributed by atoms with Crippen molar-refractivity contribution in [2.75, 3.05) is 26.2 Å². The summed E-state index contributed by atoms with van der Waals surface area (Å²) in [6.07, 6.45) is 2.27. The Kier molecular flexibility index (Phi) is 7.47. The van der Waals surface area contributed by atoms with Crippen LogP contribution < -0.4 is 5.32 Å². The minimum absolute atomic E-state index is 0.975. The van der Waals surface area contributed by atoms with Gasteiger partial charge < -0.3 is 10.2 Å². The van der Waals surface area contributed by atoms with Gasteiger partial charge in [-0.25, -0.2) is 4.98 Å². The van der Waals surface area contributed by atoms with Crippen LogP contribution in [0.15, 0.2) is 0 Å². The fraction of sp³-hybridized carbons (Fsp3) is 0.786. The average Bonchev–Trinajstić information content (AvgIpc) is 2.72. The minimum Gasteiger partial charge on any atom is -0.312 e. The molecule has 0 aliphatic rings. The Bertz CT molecular complexity index is 332. The van der Waals surface area contributed by atoms with E-state index < -0.39 is 0 Å². The Labute approximate surface area is 116 Å². The Morgan fingerprint density at radius 2 is 1.94 bits per heavy atom. The first-order valence-electron chi connectivity index (χ1n) is 7.09. The highest BCUT2D eigenvalue weighted by Gasteiger charge is 2.08. The summed E-state index contributed by atoms with van der Waals surface area (Å²) in [5, 5.41) is 4.74. The van der Waals surface area contributed by atoms with Crippen LogP contribution in [-0.4, -0.2) is 36.1 Å². The molecule has 0 aromatic carbocycles. The molecule has 0 unspecified atom stereocenters. The van der Waals surface area contributed by atoms with E-state index in [1.54, 1.807) is 0 Å². The van der Waals surface area contributed by atoms with E-state index in [1.165, 1.54) is 22.0 Å². The SMILES string of the molecule is CCCNCc1sc(CCN(CC)CC)nc1C. The van der Waals surface area contributed by atoms with Crippen molar-refractivity contribution in [3.8, 4) is 0 Å². The summed E-state index contributed by atoms with van der Waals surface area (Å²) < 4.78 is 0. The molecule has 0 atom stereocenters. The van der Waals surface area contributed by atoms with Crippen LogP contribution in [0, 0.1) is 6.92 Å². The van der Waals surface area contributed by atoms with Gasteiger partial charge in [-0.05, 0) is 33.0 Å². The summed E-state index contributed by atoms with van der Waals surface area (Å²) >= 11 is 1.87. The van der Waals surface area contributed by atoms with Gasteiger partial charge >= 0.3 is 0 Å². The van der Waals surface area contributed by atoms with Crippen LogP contribution >= 0.6 is 11.3 Å². The predicted molar refractivity (Wildman–Crippen MR) is 80.3 cm³/mol. The Morgan fingerprint density at radius 1 is 1.22 bits per heavy atom. The van der Waals surface area contributed by atoms with Crippen LogP contribution in [0.5, 0.6) is 0 Å². The Morgan fingerprint density at radius 3 is 2.56 bits per heavy atom. The molecule has 0 aliphatic heterocycles. The maximum Gasteiger partial charge on any atom is 0.0944 e. The number of aryl methyl sites for hydroxylation is 1. The Balaban J connectivity index is 2.45. The monoisotopic (exact) mass is 269 g/mol. The van der Waals surface area contributed by atoms with Crippen molar-refractivity contribution in [3.63, 3.8) is 0 Å². The van der Waals surface area contributed by atoms with Gasteiger partial charge in [0.1, 0.15) is 0 Å². The average molecular weight is 269 g/mol. The highest BCUT2D eigenvalue weighted by Crippen LogP contribution is 2.18. The van der Waals surface area contributed by atoms with Crippen molar-refractivity contribution in [1.82, 2.24) is 15.2 Å². The third kappa shape index (κ3) is 5.04. The molecule has 0 fully saturated rings. The second-order valence-corrected chi connectivity index (χ2v) is 5.74. The molecule has 0 amide bonds.